The monoisotopic (exact) mass is 712 g/mol. The van der Waals surface area contributed by atoms with E-state index in [1.807, 2.05) is 74.8 Å². The molecule has 2 amide bonds. The van der Waals surface area contributed by atoms with Crippen molar-refractivity contribution in [2.24, 2.45) is 5.92 Å². The van der Waals surface area contributed by atoms with E-state index in [0.717, 1.165) is 77.8 Å². The van der Waals surface area contributed by atoms with Gasteiger partial charge in [0.15, 0.2) is 0 Å². The fraction of sp³-hybridized carbons (Fsp3) is 0.442. The highest BCUT2D eigenvalue weighted by molar-refractivity contribution is 6.05. The number of nitrogens with one attached hydrogen (secondary N) is 4. The molecule has 10 heteroatoms. The Morgan fingerprint density at radius 1 is 0.736 bits per heavy atom. The summed E-state index contributed by atoms with van der Waals surface area (Å²) in [6, 6.07) is 16.4. The van der Waals surface area contributed by atoms with Gasteiger partial charge in [0.05, 0.1) is 12.2 Å². The van der Waals surface area contributed by atoms with Crippen molar-refractivity contribution in [1.82, 2.24) is 20.6 Å². The van der Waals surface area contributed by atoms with Crippen molar-refractivity contribution in [1.29, 1.82) is 0 Å². The largest absolute Gasteiger partial charge is 0.393 e. The molecule has 53 heavy (non-hydrogen) atoms. The van der Waals surface area contributed by atoms with Crippen molar-refractivity contribution in [3.8, 4) is 11.1 Å². The summed E-state index contributed by atoms with van der Waals surface area (Å²) < 4.78 is 0. The van der Waals surface area contributed by atoms with Gasteiger partial charge in [0, 0.05) is 48.9 Å². The third-order valence-corrected chi connectivity index (χ3v) is 12.6. The van der Waals surface area contributed by atoms with E-state index < -0.39 is 0 Å². The predicted octanol–water partition coefficient (Wildman–Crippen LogP) is 6.03. The van der Waals surface area contributed by atoms with Crippen LogP contribution < -0.4 is 21.3 Å². The smallest absolute Gasteiger partial charge is 0.274 e. The third kappa shape index (κ3) is 6.78. The van der Waals surface area contributed by atoms with Crippen LogP contribution in [-0.4, -0.2) is 56.3 Å². The van der Waals surface area contributed by atoms with Crippen molar-refractivity contribution in [2.75, 3.05) is 10.6 Å². The molecule has 9 rings (SSSR count). The van der Waals surface area contributed by atoms with E-state index in [4.69, 9.17) is 0 Å². The van der Waals surface area contributed by atoms with Crippen LogP contribution >= 0.6 is 0 Å². The average molecular weight is 713 g/mol. The predicted molar refractivity (Wildman–Crippen MR) is 204 cm³/mol. The van der Waals surface area contributed by atoms with Crippen molar-refractivity contribution in [3.05, 3.63) is 106 Å². The lowest BCUT2D eigenvalue weighted by Gasteiger charge is -2.32. The zero-order chi connectivity index (χ0) is 36.4. The number of aromatic nitrogens is 2. The molecule has 10 nitrogen and oxygen atoms in total. The molecule has 2 heterocycles. The highest BCUT2D eigenvalue weighted by Gasteiger charge is 2.70. The lowest BCUT2D eigenvalue weighted by Crippen LogP contribution is -2.43. The lowest BCUT2D eigenvalue weighted by molar-refractivity contribution is 0.0615. The summed E-state index contributed by atoms with van der Waals surface area (Å²) in [7, 11) is 0. The summed E-state index contributed by atoms with van der Waals surface area (Å²) >= 11 is 0. The van der Waals surface area contributed by atoms with Crippen molar-refractivity contribution in [2.45, 2.75) is 114 Å². The molecular formula is C43H48N6O4. The Morgan fingerprint density at radius 3 is 1.72 bits per heavy atom. The number of hydrogen-bond donors (Lipinski definition) is 6. The number of benzene rings is 2. The first-order chi connectivity index (χ1) is 25.6. The number of anilines is 2. The molecular weight excluding hydrogens is 665 g/mol. The Morgan fingerprint density at radius 2 is 1.23 bits per heavy atom. The first-order valence-electron chi connectivity index (χ1n) is 19.3. The third-order valence-electron chi connectivity index (χ3n) is 12.6. The van der Waals surface area contributed by atoms with Crippen LogP contribution in [0.2, 0.25) is 0 Å². The van der Waals surface area contributed by atoms with Crippen LogP contribution in [0.3, 0.4) is 0 Å². The van der Waals surface area contributed by atoms with Gasteiger partial charge in [-0.3, -0.25) is 19.6 Å². The van der Waals surface area contributed by atoms with Gasteiger partial charge < -0.3 is 31.5 Å². The molecule has 6 N–H and O–H groups in total. The molecule has 5 aliphatic rings. The number of carbonyl (C=O) groups is 2. The highest BCUT2D eigenvalue weighted by Crippen LogP contribution is 2.76. The number of rotatable bonds is 13. The number of aliphatic hydroxyl groups is 2. The van der Waals surface area contributed by atoms with Crippen LogP contribution in [0.5, 0.6) is 0 Å². The second-order valence-corrected chi connectivity index (χ2v) is 16.3. The van der Waals surface area contributed by atoms with Crippen LogP contribution in [0.1, 0.15) is 112 Å². The fourth-order valence-corrected chi connectivity index (χ4v) is 8.42. The molecule has 0 bridgehead atoms. The van der Waals surface area contributed by atoms with Crippen molar-refractivity contribution < 1.29 is 19.8 Å². The molecule has 0 unspecified atom stereocenters. The molecule has 4 aromatic rings. The fourth-order valence-electron chi connectivity index (χ4n) is 8.42. The maximum Gasteiger partial charge on any atom is 0.274 e. The quantitative estimate of drug-likeness (QED) is 0.0985. The summed E-state index contributed by atoms with van der Waals surface area (Å²) in [4.78, 5) is 36.4. The van der Waals surface area contributed by atoms with E-state index in [-0.39, 0.29) is 29.4 Å². The summed E-state index contributed by atoms with van der Waals surface area (Å²) in [6.07, 6.45) is 11.0. The molecule has 5 fully saturated rings. The molecule has 0 aliphatic heterocycles. The molecule has 2 aromatic carbocycles. The molecule has 5 saturated carbocycles. The van der Waals surface area contributed by atoms with Crippen molar-refractivity contribution in [3.63, 3.8) is 0 Å². The maximum atomic E-state index is 13.7. The standard InChI is InChI=1S/C43H48N6O4/c1-23-33(5-3-7-37(23)48-41(52)39-15-35(25-9-10-25)26(20-46-39)19-44-29-11-31(50)12-29)34-6-4-8-38(24(34)2)49-42(53)40-16-36(43-17-28(43)18-43)27(22-47-40)21-45-30-13-32(51)14-30/h3-8,15-16,20,22,25,28-32,44-45,50-51H,9-14,17-19,21H2,1-2H3,(H,48,52)(H,49,53)/t28?,29-,30-,31+,32+,43?. The Hall–Kier alpha value is -4.48. The number of fused-ring (bicyclic) bond motifs is 1. The van der Waals surface area contributed by atoms with E-state index in [9.17, 15) is 19.8 Å². The van der Waals surface area contributed by atoms with Crippen LogP contribution in [0, 0.1) is 19.8 Å². The van der Waals surface area contributed by atoms with Gasteiger partial charge in [-0.1, -0.05) is 24.3 Å². The van der Waals surface area contributed by atoms with Crippen molar-refractivity contribution >= 4 is 23.2 Å². The van der Waals surface area contributed by atoms with Gasteiger partial charge in [0.2, 0.25) is 0 Å². The lowest BCUT2D eigenvalue weighted by atomic mass is 9.89. The van der Waals surface area contributed by atoms with E-state index in [1.54, 1.807) is 0 Å². The van der Waals surface area contributed by atoms with Crippen LogP contribution in [-0.2, 0) is 18.5 Å². The SMILES string of the molecule is Cc1c(NC(=O)c2cc(C3CC3)c(CN[C@H]3C[C@@H](O)C3)cn2)cccc1-c1cccc(NC(=O)c2cc(C34CC3C4)c(CN[C@H]3C[C@@H](O)C3)cn2)c1C. The Bertz CT molecular complexity index is 2090. The second kappa shape index (κ2) is 13.4. The minimum absolute atomic E-state index is 0.198. The molecule has 0 saturated heterocycles. The number of carbonyl (C=O) groups excluding carboxylic acids is 2. The van der Waals surface area contributed by atoms with Gasteiger partial charge in [-0.05, 0) is 151 Å². The zero-order valence-corrected chi connectivity index (χ0v) is 30.4. The molecule has 0 spiro atoms. The molecule has 5 aliphatic carbocycles. The number of nitrogens with zero attached hydrogens (tertiary/aromatic N) is 2. The topological polar surface area (TPSA) is 148 Å². The van der Waals surface area contributed by atoms with E-state index in [2.05, 4.69) is 31.2 Å². The van der Waals surface area contributed by atoms with E-state index in [1.165, 1.54) is 24.0 Å². The second-order valence-electron chi connectivity index (χ2n) is 16.3. The van der Waals surface area contributed by atoms with Crippen LogP contribution in [0.25, 0.3) is 11.1 Å². The minimum atomic E-state index is -0.245. The van der Waals surface area contributed by atoms with Gasteiger partial charge in [0.1, 0.15) is 11.4 Å². The molecule has 2 aromatic heterocycles. The minimum Gasteiger partial charge on any atom is -0.393 e. The Balaban J connectivity index is 0.897. The van der Waals surface area contributed by atoms with Crippen LogP contribution in [0.15, 0.2) is 60.9 Å². The highest BCUT2D eigenvalue weighted by atomic mass is 16.3. The first-order valence-corrected chi connectivity index (χ1v) is 19.3. The first kappa shape index (κ1) is 34.3. The normalized spacial score (nSPS) is 26.5. The summed E-state index contributed by atoms with van der Waals surface area (Å²) in [5.41, 5.74) is 11.0. The zero-order valence-electron chi connectivity index (χ0n) is 30.4. The summed E-state index contributed by atoms with van der Waals surface area (Å²) in [5, 5.41) is 32.7. The van der Waals surface area contributed by atoms with Gasteiger partial charge in [-0.15, -0.1) is 0 Å². The summed E-state index contributed by atoms with van der Waals surface area (Å²) in [5.74, 6) is 0.711. The Kier molecular flexibility index (Phi) is 8.69. The molecule has 274 valence electrons. The summed E-state index contributed by atoms with van der Waals surface area (Å²) in [6.45, 7) is 5.40. The van der Waals surface area contributed by atoms with Gasteiger partial charge in [0.25, 0.3) is 11.8 Å². The molecule has 0 radical (unpaired) electrons. The van der Waals surface area contributed by atoms with Gasteiger partial charge in [-0.2, -0.15) is 0 Å². The average Bonchev–Trinajstić information content (AvgIpc) is 4.02. The molecule has 0 atom stereocenters. The van der Waals surface area contributed by atoms with E-state index >= 15 is 0 Å². The van der Waals surface area contributed by atoms with Crippen LogP contribution in [0.4, 0.5) is 11.4 Å². The number of aliphatic hydroxyl groups excluding tert-OH is 2. The number of hydrogen-bond acceptors (Lipinski definition) is 8. The number of amides is 2. The van der Waals surface area contributed by atoms with Gasteiger partial charge >= 0.3 is 0 Å². The van der Waals surface area contributed by atoms with Gasteiger partial charge in [-0.25, -0.2) is 0 Å². The number of pyridine rings is 2. The Labute approximate surface area is 310 Å². The van der Waals surface area contributed by atoms with E-state index in [0.29, 0.717) is 53.9 Å². The maximum absolute atomic E-state index is 13.7.